The summed E-state index contributed by atoms with van der Waals surface area (Å²) in [6.45, 7) is 0.933. The Balaban J connectivity index is 1.45. The molecule has 3 heterocycles. The monoisotopic (exact) mass is 413 g/mol. The number of carbonyl (C=O) groups is 3. The van der Waals surface area contributed by atoms with Crippen molar-refractivity contribution in [1.82, 2.24) is 15.8 Å². The summed E-state index contributed by atoms with van der Waals surface area (Å²) in [5, 5.41) is 1.84. The Kier molecular flexibility index (Phi) is 6.15. The molecule has 10 heteroatoms. The first-order valence-corrected chi connectivity index (χ1v) is 11.7. The summed E-state index contributed by atoms with van der Waals surface area (Å²) < 4.78 is 22.9. The van der Waals surface area contributed by atoms with Crippen LogP contribution in [0.4, 0.5) is 0 Å². The molecule has 8 nitrogen and oxygen atoms in total. The molecule has 3 amide bonds. The zero-order valence-electron chi connectivity index (χ0n) is 14.8. The van der Waals surface area contributed by atoms with E-state index in [2.05, 4.69) is 10.9 Å². The fourth-order valence-corrected chi connectivity index (χ4v) is 6.06. The molecule has 2 saturated heterocycles. The maximum absolute atomic E-state index is 12.4. The molecule has 27 heavy (non-hydrogen) atoms. The van der Waals surface area contributed by atoms with Crippen molar-refractivity contribution in [2.75, 3.05) is 24.6 Å². The van der Waals surface area contributed by atoms with Gasteiger partial charge in [-0.2, -0.15) is 0 Å². The van der Waals surface area contributed by atoms with Gasteiger partial charge >= 0.3 is 0 Å². The molecular weight excluding hydrogens is 390 g/mol. The van der Waals surface area contributed by atoms with Crippen LogP contribution < -0.4 is 10.9 Å². The molecule has 0 radical (unpaired) electrons. The number of hydrazine groups is 1. The highest BCUT2D eigenvalue weighted by atomic mass is 32.2. The van der Waals surface area contributed by atoms with Crippen LogP contribution in [0.5, 0.6) is 0 Å². The van der Waals surface area contributed by atoms with Crippen molar-refractivity contribution in [1.29, 1.82) is 0 Å². The SMILES string of the molecule is O=C(CC1CCS(=O)(=O)C1)NNC(=O)C1CCCN(C(=O)c2cccs2)C1. The maximum Gasteiger partial charge on any atom is 0.263 e. The van der Waals surface area contributed by atoms with E-state index in [9.17, 15) is 22.8 Å². The molecule has 2 aliphatic rings. The van der Waals surface area contributed by atoms with E-state index in [1.54, 1.807) is 11.0 Å². The Morgan fingerprint density at radius 1 is 1.22 bits per heavy atom. The van der Waals surface area contributed by atoms with Crippen LogP contribution in [0.15, 0.2) is 17.5 Å². The fourth-order valence-electron chi connectivity index (χ4n) is 3.51. The molecule has 148 valence electrons. The highest BCUT2D eigenvalue weighted by Gasteiger charge is 2.31. The predicted octanol–water partition coefficient (Wildman–Crippen LogP) is 0.573. The Hall–Kier alpha value is -1.94. The van der Waals surface area contributed by atoms with E-state index in [0.717, 1.165) is 6.42 Å². The maximum atomic E-state index is 12.4. The van der Waals surface area contributed by atoms with Gasteiger partial charge in [-0.1, -0.05) is 6.07 Å². The van der Waals surface area contributed by atoms with Gasteiger partial charge in [0, 0.05) is 19.5 Å². The van der Waals surface area contributed by atoms with E-state index in [0.29, 0.717) is 30.8 Å². The van der Waals surface area contributed by atoms with Crippen LogP contribution in [0.1, 0.15) is 35.4 Å². The number of hydrogen-bond donors (Lipinski definition) is 2. The summed E-state index contributed by atoms with van der Waals surface area (Å²) in [6.07, 6.45) is 1.93. The van der Waals surface area contributed by atoms with Gasteiger partial charge < -0.3 is 4.90 Å². The van der Waals surface area contributed by atoms with Gasteiger partial charge in [-0.25, -0.2) is 8.42 Å². The lowest BCUT2D eigenvalue weighted by molar-refractivity contribution is -0.132. The van der Waals surface area contributed by atoms with E-state index in [-0.39, 0.29) is 41.6 Å². The van der Waals surface area contributed by atoms with Gasteiger partial charge in [0.25, 0.3) is 5.91 Å². The zero-order valence-corrected chi connectivity index (χ0v) is 16.5. The molecule has 2 unspecified atom stereocenters. The van der Waals surface area contributed by atoms with Crippen LogP contribution in [0.2, 0.25) is 0 Å². The van der Waals surface area contributed by atoms with E-state index in [1.165, 1.54) is 11.3 Å². The van der Waals surface area contributed by atoms with Crippen LogP contribution in [-0.4, -0.2) is 55.6 Å². The van der Waals surface area contributed by atoms with E-state index < -0.39 is 15.7 Å². The van der Waals surface area contributed by atoms with Crippen LogP contribution in [-0.2, 0) is 19.4 Å². The molecule has 2 fully saturated rings. The van der Waals surface area contributed by atoms with Gasteiger partial charge in [-0.15, -0.1) is 11.3 Å². The Morgan fingerprint density at radius 3 is 2.70 bits per heavy atom. The topological polar surface area (TPSA) is 113 Å². The van der Waals surface area contributed by atoms with Crippen LogP contribution in [0.25, 0.3) is 0 Å². The molecule has 0 aromatic carbocycles. The summed E-state index contributed by atoms with van der Waals surface area (Å²) in [7, 11) is -3.03. The number of hydrogen-bond acceptors (Lipinski definition) is 6. The van der Waals surface area contributed by atoms with Gasteiger partial charge in [0.15, 0.2) is 9.84 Å². The minimum atomic E-state index is -3.03. The molecule has 0 aliphatic carbocycles. The quantitative estimate of drug-likeness (QED) is 0.701. The van der Waals surface area contributed by atoms with Crippen LogP contribution >= 0.6 is 11.3 Å². The smallest absolute Gasteiger partial charge is 0.263 e. The number of piperidine rings is 1. The number of rotatable bonds is 4. The summed E-state index contributed by atoms with van der Waals surface area (Å²) >= 11 is 1.37. The third-order valence-corrected chi connectivity index (χ3v) is 7.63. The van der Waals surface area contributed by atoms with Crippen molar-refractivity contribution in [3.8, 4) is 0 Å². The fraction of sp³-hybridized carbons (Fsp3) is 0.588. The first-order valence-electron chi connectivity index (χ1n) is 8.96. The summed E-state index contributed by atoms with van der Waals surface area (Å²) in [4.78, 5) is 39.0. The summed E-state index contributed by atoms with van der Waals surface area (Å²) in [6, 6.07) is 3.58. The third kappa shape index (κ3) is 5.29. The van der Waals surface area contributed by atoms with Gasteiger partial charge in [0.05, 0.1) is 22.3 Å². The first-order chi connectivity index (χ1) is 12.8. The molecule has 3 rings (SSSR count). The molecule has 0 spiro atoms. The van der Waals surface area contributed by atoms with E-state index in [1.807, 2.05) is 11.4 Å². The average molecular weight is 414 g/mol. The number of sulfone groups is 1. The Bertz CT molecular complexity index is 807. The molecule has 1 aromatic heterocycles. The van der Waals surface area contributed by atoms with Gasteiger partial charge in [0.2, 0.25) is 11.8 Å². The predicted molar refractivity (Wildman–Crippen MR) is 101 cm³/mol. The molecule has 2 N–H and O–H groups in total. The lowest BCUT2D eigenvalue weighted by atomic mass is 9.97. The molecular formula is C17H23N3O5S2. The van der Waals surface area contributed by atoms with Crippen molar-refractivity contribution < 1.29 is 22.8 Å². The minimum absolute atomic E-state index is 0.0246. The number of nitrogens with zero attached hydrogens (tertiary/aromatic N) is 1. The standard InChI is InChI=1S/C17H23N3O5S2/c21-15(9-12-5-8-27(24,25)11-12)18-19-16(22)13-3-1-6-20(10-13)17(23)14-4-2-7-26-14/h2,4,7,12-13H,1,3,5-6,8-11H2,(H,18,21)(H,19,22). The van der Waals surface area contributed by atoms with Crippen molar-refractivity contribution in [3.05, 3.63) is 22.4 Å². The molecule has 1 aromatic rings. The van der Waals surface area contributed by atoms with Crippen LogP contribution in [0.3, 0.4) is 0 Å². The van der Waals surface area contributed by atoms with Crippen molar-refractivity contribution in [2.45, 2.75) is 25.7 Å². The summed E-state index contributed by atoms with van der Waals surface area (Å²) in [5.74, 6) is -1.23. The summed E-state index contributed by atoms with van der Waals surface area (Å²) in [5.41, 5.74) is 4.79. The molecule has 2 aliphatic heterocycles. The first kappa shape index (κ1) is 19.8. The zero-order chi connectivity index (χ0) is 19.4. The number of thiophene rings is 1. The second-order valence-electron chi connectivity index (χ2n) is 7.08. The number of amides is 3. The Labute approximate surface area is 162 Å². The highest BCUT2D eigenvalue weighted by molar-refractivity contribution is 7.91. The van der Waals surface area contributed by atoms with E-state index in [4.69, 9.17) is 0 Å². The lowest BCUT2D eigenvalue weighted by Gasteiger charge is -2.31. The molecule has 0 bridgehead atoms. The third-order valence-electron chi connectivity index (χ3n) is 4.94. The normalized spacial score (nSPS) is 24.4. The van der Waals surface area contributed by atoms with Gasteiger partial charge in [0.1, 0.15) is 0 Å². The van der Waals surface area contributed by atoms with E-state index >= 15 is 0 Å². The van der Waals surface area contributed by atoms with Crippen molar-refractivity contribution in [3.63, 3.8) is 0 Å². The molecule has 0 saturated carbocycles. The Morgan fingerprint density at radius 2 is 2.04 bits per heavy atom. The largest absolute Gasteiger partial charge is 0.337 e. The minimum Gasteiger partial charge on any atom is -0.337 e. The van der Waals surface area contributed by atoms with Gasteiger partial charge in [-0.05, 0) is 36.6 Å². The highest BCUT2D eigenvalue weighted by Crippen LogP contribution is 2.22. The number of nitrogens with one attached hydrogen (secondary N) is 2. The lowest BCUT2D eigenvalue weighted by Crippen LogP contribution is -2.50. The van der Waals surface area contributed by atoms with Crippen LogP contribution in [0, 0.1) is 11.8 Å². The second-order valence-corrected chi connectivity index (χ2v) is 10.3. The average Bonchev–Trinajstić information content (AvgIpc) is 3.29. The van der Waals surface area contributed by atoms with Gasteiger partial charge in [-0.3, -0.25) is 25.2 Å². The molecule has 2 atom stereocenters. The number of likely N-dealkylation sites (tertiary alicyclic amines) is 1. The second kappa shape index (κ2) is 8.39. The van der Waals surface area contributed by atoms with Crippen molar-refractivity contribution >= 4 is 38.9 Å². The van der Waals surface area contributed by atoms with Crippen molar-refractivity contribution in [2.24, 2.45) is 11.8 Å². The number of carbonyl (C=O) groups excluding carboxylic acids is 3.